The number of amides is 1. The summed E-state index contributed by atoms with van der Waals surface area (Å²) in [6, 6.07) is 0. The lowest BCUT2D eigenvalue weighted by molar-refractivity contribution is -0.132. The number of aromatic nitrogens is 2. The maximum atomic E-state index is 12.3. The van der Waals surface area contributed by atoms with Crippen LogP contribution in [-0.2, 0) is 11.3 Å². The van der Waals surface area contributed by atoms with Gasteiger partial charge in [-0.15, -0.1) is 0 Å². The molecule has 1 aliphatic rings. The van der Waals surface area contributed by atoms with Crippen molar-refractivity contribution in [2.75, 3.05) is 26.2 Å². The van der Waals surface area contributed by atoms with Crippen molar-refractivity contribution in [3.8, 4) is 0 Å². The van der Waals surface area contributed by atoms with Gasteiger partial charge in [-0.2, -0.15) is 5.10 Å². The zero-order valence-corrected chi connectivity index (χ0v) is 11.0. The molecule has 1 amide bonds. The highest BCUT2D eigenvalue weighted by atomic mass is 16.2. The van der Waals surface area contributed by atoms with E-state index in [1.54, 1.807) is 12.4 Å². The Morgan fingerprint density at radius 1 is 1.50 bits per heavy atom. The molecule has 100 valence electrons. The quantitative estimate of drug-likeness (QED) is 0.687. The fraction of sp³-hybridized carbons (Fsp3) is 0.667. The van der Waals surface area contributed by atoms with E-state index < -0.39 is 5.54 Å². The van der Waals surface area contributed by atoms with Gasteiger partial charge in [0.25, 0.3) is 0 Å². The van der Waals surface area contributed by atoms with E-state index in [4.69, 9.17) is 0 Å². The Kier molecular flexibility index (Phi) is 3.98. The fourth-order valence-electron chi connectivity index (χ4n) is 2.14. The maximum absolute atomic E-state index is 12.3. The summed E-state index contributed by atoms with van der Waals surface area (Å²) in [5.74, 6) is 0.0607. The van der Waals surface area contributed by atoms with Gasteiger partial charge in [-0.25, -0.2) is 0 Å². The summed E-state index contributed by atoms with van der Waals surface area (Å²) in [6.07, 6.45) is 3.51. The summed E-state index contributed by atoms with van der Waals surface area (Å²) < 4.78 is 0. The topological polar surface area (TPSA) is 73.0 Å². The van der Waals surface area contributed by atoms with E-state index in [0.717, 1.165) is 31.7 Å². The average molecular weight is 251 g/mol. The molecule has 0 radical (unpaired) electrons. The largest absolute Gasteiger partial charge is 0.350 e. The second kappa shape index (κ2) is 5.49. The van der Waals surface area contributed by atoms with Crippen LogP contribution in [0.1, 0.15) is 19.4 Å². The smallest absolute Gasteiger partial charge is 0.240 e. The molecule has 3 N–H and O–H groups in total. The summed E-state index contributed by atoms with van der Waals surface area (Å²) in [5.41, 5.74) is 0.519. The number of nitrogens with one attached hydrogen (secondary N) is 3. The zero-order valence-electron chi connectivity index (χ0n) is 11.0. The van der Waals surface area contributed by atoms with Crippen LogP contribution >= 0.6 is 0 Å². The molecule has 0 spiro atoms. The van der Waals surface area contributed by atoms with Gasteiger partial charge in [-0.05, 0) is 13.8 Å². The van der Waals surface area contributed by atoms with Crippen LogP contribution in [-0.4, -0.2) is 52.7 Å². The third kappa shape index (κ3) is 2.88. The lowest BCUT2D eigenvalue weighted by Crippen LogP contribution is -2.59. The molecular weight excluding hydrogens is 230 g/mol. The highest BCUT2D eigenvalue weighted by molar-refractivity contribution is 5.85. The molecule has 0 aromatic carbocycles. The molecule has 1 fully saturated rings. The number of hydrogen-bond donors (Lipinski definition) is 3. The fourth-order valence-corrected chi connectivity index (χ4v) is 2.14. The number of piperazine rings is 1. The summed E-state index contributed by atoms with van der Waals surface area (Å²) >= 11 is 0. The van der Waals surface area contributed by atoms with Gasteiger partial charge in [0.2, 0.25) is 5.91 Å². The third-order valence-electron chi connectivity index (χ3n) is 3.47. The van der Waals surface area contributed by atoms with E-state index in [-0.39, 0.29) is 5.91 Å². The summed E-state index contributed by atoms with van der Waals surface area (Å²) in [6.45, 7) is 8.17. The molecule has 0 saturated carbocycles. The van der Waals surface area contributed by atoms with Gasteiger partial charge in [-0.3, -0.25) is 14.8 Å². The second-order valence-corrected chi connectivity index (χ2v) is 5.09. The van der Waals surface area contributed by atoms with Crippen LogP contribution in [0.15, 0.2) is 12.4 Å². The summed E-state index contributed by atoms with van der Waals surface area (Å²) in [4.78, 5) is 14.5. The minimum Gasteiger partial charge on any atom is -0.350 e. The van der Waals surface area contributed by atoms with Crippen LogP contribution in [0.5, 0.6) is 0 Å². The van der Waals surface area contributed by atoms with Gasteiger partial charge in [0.15, 0.2) is 0 Å². The first-order valence-corrected chi connectivity index (χ1v) is 6.32. The molecule has 6 nitrogen and oxygen atoms in total. The van der Waals surface area contributed by atoms with Gasteiger partial charge in [0, 0.05) is 44.5 Å². The molecule has 2 rings (SSSR count). The minimum absolute atomic E-state index is 0.0607. The lowest BCUT2D eigenvalue weighted by Gasteiger charge is -2.39. The maximum Gasteiger partial charge on any atom is 0.240 e. The lowest BCUT2D eigenvalue weighted by atomic mass is 10.0. The van der Waals surface area contributed by atoms with Gasteiger partial charge < -0.3 is 10.6 Å². The first kappa shape index (κ1) is 13.0. The number of hydrogen-bond acceptors (Lipinski definition) is 4. The van der Waals surface area contributed by atoms with Gasteiger partial charge in [0.05, 0.1) is 11.7 Å². The molecule has 1 aliphatic heterocycles. The first-order valence-electron chi connectivity index (χ1n) is 6.32. The highest BCUT2D eigenvalue weighted by Gasteiger charge is 2.34. The average Bonchev–Trinajstić information content (AvgIpc) is 2.90. The molecule has 18 heavy (non-hydrogen) atoms. The van der Waals surface area contributed by atoms with Gasteiger partial charge in [0.1, 0.15) is 0 Å². The molecule has 0 bridgehead atoms. The molecule has 0 unspecified atom stereocenters. The van der Waals surface area contributed by atoms with Crippen LogP contribution in [0.3, 0.4) is 0 Å². The van der Waals surface area contributed by atoms with Crippen LogP contribution in [0.4, 0.5) is 0 Å². The summed E-state index contributed by atoms with van der Waals surface area (Å²) in [7, 11) is 0. The molecule has 1 aromatic heterocycles. The Labute approximate surface area is 107 Å². The molecule has 2 heterocycles. The number of rotatable bonds is 4. The van der Waals surface area contributed by atoms with Crippen molar-refractivity contribution in [2.24, 2.45) is 0 Å². The molecule has 0 aliphatic carbocycles. The Hall–Kier alpha value is -1.40. The minimum atomic E-state index is -0.466. The standard InChI is InChI=1S/C12H21N5O/c1-12(2,17-5-3-13-4-6-17)11(18)14-7-10-8-15-16-9-10/h8-9,13H,3-7H2,1-2H3,(H,14,18)(H,15,16). The Morgan fingerprint density at radius 3 is 2.83 bits per heavy atom. The van der Waals surface area contributed by atoms with Crippen molar-refractivity contribution in [3.05, 3.63) is 18.0 Å². The van der Waals surface area contributed by atoms with E-state index in [9.17, 15) is 4.79 Å². The monoisotopic (exact) mass is 251 g/mol. The van der Waals surface area contributed by atoms with E-state index in [0.29, 0.717) is 6.54 Å². The summed E-state index contributed by atoms with van der Waals surface area (Å²) in [5, 5.41) is 12.8. The van der Waals surface area contributed by atoms with Crippen molar-refractivity contribution < 1.29 is 4.79 Å². The van der Waals surface area contributed by atoms with E-state index in [2.05, 4.69) is 25.7 Å². The van der Waals surface area contributed by atoms with E-state index >= 15 is 0 Å². The Morgan fingerprint density at radius 2 is 2.22 bits per heavy atom. The van der Waals surface area contributed by atoms with Crippen LogP contribution in [0.25, 0.3) is 0 Å². The predicted octanol–water partition coefficient (Wildman–Crippen LogP) is -0.290. The first-order chi connectivity index (χ1) is 8.60. The highest BCUT2D eigenvalue weighted by Crippen LogP contribution is 2.15. The number of carbonyl (C=O) groups excluding carboxylic acids is 1. The number of aromatic amines is 1. The predicted molar refractivity (Wildman–Crippen MR) is 69.0 cm³/mol. The Balaban J connectivity index is 1.89. The van der Waals surface area contributed by atoms with Gasteiger partial charge >= 0.3 is 0 Å². The van der Waals surface area contributed by atoms with Crippen LogP contribution in [0.2, 0.25) is 0 Å². The van der Waals surface area contributed by atoms with Crippen molar-refractivity contribution in [1.29, 1.82) is 0 Å². The second-order valence-electron chi connectivity index (χ2n) is 5.09. The van der Waals surface area contributed by atoms with Gasteiger partial charge in [-0.1, -0.05) is 0 Å². The Bertz CT molecular complexity index is 381. The van der Waals surface area contributed by atoms with Crippen LogP contribution < -0.4 is 10.6 Å². The normalized spacial score (nSPS) is 17.7. The molecule has 6 heteroatoms. The van der Waals surface area contributed by atoms with E-state index in [1.165, 1.54) is 0 Å². The molecule has 1 saturated heterocycles. The zero-order chi connectivity index (χ0) is 13.0. The third-order valence-corrected chi connectivity index (χ3v) is 3.47. The molecule has 0 atom stereocenters. The number of carbonyl (C=O) groups is 1. The molecule has 1 aromatic rings. The van der Waals surface area contributed by atoms with Crippen molar-refractivity contribution >= 4 is 5.91 Å². The number of nitrogens with zero attached hydrogens (tertiary/aromatic N) is 2. The van der Waals surface area contributed by atoms with Crippen molar-refractivity contribution in [3.63, 3.8) is 0 Å². The van der Waals surface area contributed by atoms with Crippen molar-refractivity contribution in [1.82, 2.24) is 25.7 Å². The molecular formula is C12H21N5O. The number of H-pyrrole nitrogens is 1. The van der Waals surface area contributed by atoms with Crippen LogP contribution in [0, 0.1) is 0 Å². The van der Waals surface area contributed by atoms with Crippen molar-refractivity contribution in [2.45, 2.75) is 25.9 Å². The van der Waals surface area contributed by atoms with E-state index in [1.807, 2.05) is 13.8 Å². The SMILES string of the molecule is CC(C)(C(=O)NCc1cn[nH]c1)N1CCNCC1.